The number of phenolic OH excluding ortho intramolecular Hbond substituents is 1. The molecule has 1 heterocycles. The molecule has 1 aliphatic rings. The third-order valence-electron chi connectivity index (χ3n) is 3.11. The molecule has 2 unspecified atom stereocenters. The molecule has 3 N–H and O–H groups in total. The first kappa shape index (κ1) is 14.4. The van der Waals surface area contributed by atoms with Crippen molar-refractivity contribution in [3.05, 3.63) is 41.4 Å². The highest BCUT2D eigenvalue weighted by Gasteiger charge is 2.33. The molecule has 1 saturated heterocycles. The lowest BCUT2D eigenvalue weighted by Gasteiger charge is -2.29. The van der Waals surface area contributed by atoms with E-state index in [0.717, 1.165) is 0 Å². The molecular weight excluding hydrogens is 280 g/mol. The van der Waals surface area contributed by atoms with Gasteiger partial charge in [-0.15, -0.1) is 0 Å². The van der Waals surface area contributed by atoms with Crippen LogP contribution in [-0.4, -0.2) is 29.0 Å². The summed E-state index contributed by atoms with van der Waals surface area (Å²) in [5.41, 5.74) is 0.605. The number of phenols is 1. The molecule has 1 aliphatic heterocycles. The SMILES string of the molecule is C=C(Cl)CC1NC(=O)C(Cc2ccccc2O)NC1=O. The summed E-state index contributed by atoms with van der Waals surface area (Å²) in [6.07, 6.45) is 0.432. The van der Waals surface area contributed by atoms with Gasteiger partial charge >= 0.3 is 0 Å². The second-order valence-corrected chi connectivity index (χ2v) is 5.21. The number of carbonyl (C=O) groups excluding carboxylic acids is 2. The van der Waals surface area contributed by atoms with Crippen molar-refractivity contribution in [2.45, 2.75) is 24.9 Å². The van der Waals surface area contributed by atoms with E-state index in [0.29, 0.717) is 10.6 Å². The van der Waals surface area contributed by atoms with Crippen LogP contribution in [0.5, 0.6) is 5.75 Å². The van der Waals surface area contributed by atoms with Crippen LogP contribution in [0.1, 0.15) is 12.0 Å². The molecule has 2 amide bonds. The van der Waals surface area contributed by atoms with E-state index in [9.17, 15) is 14.7 Å². The number of carbonyl (C=O) groups is 2. The van der Waals surface area contributed by atoms with E-state index < -0.39 is 12.1 Å². The lowest BCUT2D eigenvalue weighted by atomic mass is 10.0. The zero-order valence-corrected chi connectivity index (χ0v) is 11.5. The number of benzene rings is 1. The average Bonchev–Trinajstić information content (AvgIpc) is 2.37. The first-order chi connectivity index (χ1) is 9.47. The molecule has 1 aromatic rings. The monoisotopic (exact) mass is 294 g/mol. The van der Waals surface area contributed by atoms with Crippen LogP contribution >= 0.6 is 11.6 Å². The predicted octanol–water partition coefficient (Wildman–Crippen LogP) is 1.06. The van der Waals surface area contributed by atoms with Gasteiger partial charge in [-0.3, -0.25) is 9.59 Å². The first-order valence-corrected chi connectivity index (χ1v) is 6.56. The number of hydrogen-bond acceptors (Lipinski definition) is 3. The maximum absolute atomic E-state index is 12.0. The summed E-state index contributed by atoms with van der Waals surface area (Å²) in [6.45, 7) is 3.51. The Balaban J connectivity index is 2.05. The number of piperazine rings is 1. The molecule has 20 heavy (non-hydrogen) atoms. The second kappa shape index (κ2) is 5.96. The van der Waals surface area contributed by atoms with Crippen molar-refractivity contribution in [1.29, 1.82) is 0 Å². The molecule has 0 aliphatic carbocycles. The van der Waals surface area contributed by atoms with E-state index in [1.165, 1.54) is 6.07 Å². The Bertz CT molecular complexity index is 559. The smallest absolute Gasteiger partial charge is 0.243 e. The fourth-order valence-corrected chi connectivity index (χ4v) is 2.24. The quantitative estimate of drug-likeness (QED) is 0.777. The minimum atomic E-state index is -0.698. The topological polar surface area (TPSA) is 78.4 Å². The first-order valence-electron chi connectivity index (χ1n) is 6.18. The maximum atomic E-state index is 12.0. The Labute approximate surface area is 121 Å². The Hall–Kier alpha value is -2.01. The zero-order chi connectivity index (χ0) is 14.7. The number of amides is 2. The van der Waals surface area contributed by atoms with Crippen molar-refractivity contribution in [3.8, 4) is 5.75 Å². The van der Waals surface area contributed by atoms with Gasteiger partial charge in [0.2, 0.25) is 11.8 Å². The lowest BCUT2D eigenvalue weighted by molar-refractivity contribution is -0.136. The van der Waals surface area contributed by atoms with Gasteiger partial charge < -0.3 is 15.7 Å². The third kappa shape index (κ3) is 3.30. The summed E-state index contributed by atoms with van der Waals surface area (Å²) in [6, 6.07) is 5.32. The van der Waals surface area contributed by atoms with Gasteiger partial charge in [0.15, 0.2) is 0 Å². The summed E-state index contributed by atoms with van der Waals surface area (Å²) in [7, 11) is 0. The van der Waals surface area contributed by atoms with Crippen molar-refractivity contribution >= 4 is 23.4 Å². The van der Waals surface area contributed by atoms with Gasteiger partial charge in [0.1, 0.15) is 17.8 Å². The standard InChI is InChI=1S/C14H15ClN2O3/c1-8(15)6-10-13(19)17-11(14(20)16-10)7-9-4-2-3-5-12(9)18/h2-5,10-11,18H,1,6-7H2,(H,16,20)(H,17,19). The van der Waals surface area contributed by atoms with Gasteiger partial charge in [0.25, 0.3) is 0 Å². The normalized spacial score (nSPS) is 22.1. The van der Waals surface area contributed by atoms with Crippen LogP contribution in [-0.2, 0) is 16.0 Å². The Morgan fingerprint density at radius 1 is 1.20 bits per heavy atom. The summed E-state index contributed by atoms with van der Waals surface area (Å²) in [5, 5.41) is 15.2. The van der Waals surface area contributed by atoms with E-state index in [1.807, 2.05) is 0 Å². The molecule has 1 aromatic carbocycles. The molecular formula is C14H15ClN2O3. The van der Waals surface area contributed by atoms with Crippen LogP contribution in [0.15, 0.2) is 35.9 Å². The molecule has 5 nitrogen and oxygen atoms in total. The average molecular weight is 295 g/mol. The predicted molar refractivity (Wildman–Crippen MR) is 75.3 cm³/mol. The number of rotatable bonds is 4. The minimum absolute atomic E-state index is 0.103. The highest BCUT2D eigenvalue weighted by Crippen LogP contribution is 2.19. The van der Waals surface area contributed by atoms with Gasteiger partial charge in [-0.25, -0.2) is 0 Å². The summed E-state index contributed by atoms with van der Waals surface area (Å²) >= 11 is 5.65. The van der Waals surface area contributed by atoms with E-state index in [2.05, 4.69) is 17.2 Å². The molecule has 2 rings (SSSR count). The molecule has 0 bridgehead atoms. The third-order valence-corrected chi connectivity index (χ3v) is 3.26. The summed E-state index contributed by atoms with van der Waals surface area (Å²) in [5.74, 6) is -0.492. The van der Waals surface area contributed by atoms with E-state index in [-0.39, 0.29) is 30.4 Å². The van der Waals surface area contributed by atoms with Crippen LogP contribution in [0.3, 0.4) is 0 Å². The van der Waals surface area contributed by atoms with Gasteiger partial charge in [-0.2, -0.15) is 0 Å². The molecule has 1 fully saturated rings. The van der Waals surface area contributed by atoms with Gasteiger partial charge in [0, 0.05) is 17.9 Å². The number of para-hydroxylation sites is 1. The van der Waals surface area contributed by atoms with Crippen LogP contribution in [0, 0.1) is 0 Å². The van der Waals surface area contributed by atoms with E-state index >= 15 is 0 Å². The van der Waals surface area contributed by atoms with E-state index in [4.69, 9.17) is 11.6 Å². The highest BCUT2D eigenvalue weighted by atomic mass is 35.5. The number of halogens is 1. The maximum Gasteiger partial charge on any atom is 0.243 e. The van der Waals surface area contributed by atoms with Crippen molar-refractivity contribution < 1.29 is 14.7 Å². The number of nitrogens with one attached hydrogen (secondary N) is 2. The summed E-state index contributed by atoms with van der Waals surface area (Å²) in [4.78, 5) is 23.8. The fraction of sp³-hybridized carbons (Fsp3) is 0.286. The van der Waals surface area contributed by atoms with Crippen molar-refractivity contribution in [3.63, 3.8) is 0 Å². The molecule has 0 aromatic heterocycles. The van der Waals surface area contributed by atoms with Crippen LogP contribution in [0.4, 0.5) is 0 Å². The highest BCUT2D eigenvalue weighted by molar-refractivity contribution is 6.29. The van der Waals surface area contributed by atoms with Crippen LogP contribution in [0.25, 0.3) is 0 Å². The van der Waals surface area contributed by atoms with Crippen LogP contribution in [0.2, 0.25) is 0 Å². The number of hydrogen-bond donors (Lipinski definition) is 3. The van der Waals surface area contributed by atoms with Crippen LogP contribution < -0.4 is 10.6 Å². The van der Waals surface area contributed by atoms with E-state index in [1.54, 1.807) is 18.2 Å². The Kier molecular flexibility index (Phi) is 4.29. The molecule has 0 spiro atoms. The van der Waals surface area contributed by atoms with Crippen molar-refractivity contribution in [2.75, 3.05) is 0 Å². The van der Waals surface area contributed by atoms with Crippen molar-refractivity contribution in [1.82, 2.24) is 10.6 Å². The Morgan fingerprint density at radius 3 is 2.45 bits per heavy atom. The molecule has 106 valence electrons. The molecule has 0 radical (unpaired) electrons. The van der Waals surface area contributed by atoms with Gasteiger partial charge in [0.05, 0.1) is 0 Å². The Morgan fingerprint density at radius 2 is 1.80 bits per heavy atom. The lowest BCUT2D eigenvalue weighted by Crippen LogP contribution is -2.62. The second-order valence-electron chi connectivity index (χ2n) is 4.68. The minimum Gasteiger partial charge on any atom is -0.508 e. The van der Waals surface area contributed by atoms with Gasteiger partial charge in [-0.05, 0) is 11.6 Å². The summed E-state index contributed by atoms with van der Waals surface area (Å²) < 4.78 is 0. The van der Waals surface area contributed by atoms with Gasteiger partial charge in [-0.1, -0.05) is 36.4 Å². The molecule has 2 atom stereocenters. The molecule has 0 saturated carbocycles. The van der Waals surface area contributed by atoms with Crippen molar-refractivity contribution in [2.24, 2.45) is 0 Å². The number of aromatic hydroxyl groups is 1. The largest absolute Gasteiger partial charge is 0.508 e. The fourth-order valence-electron chi connectivity index (χ4n) is 2.09. The zero-order valence-electron chi connectivity index (χ0n) is 10.7. The molecule has 6 heteroatoms.